The van der Waals surface area contributed by atoms with Crippen LogP contribution in [0.1, 0.15) is 396 Å². The van der Waals surface area contributed by atoms with Crippen LogP contribution in [0.15, 0.2) is 0 Å². The number of carbonyl (C=O) groups is 4. The zero-order valence-corrected chi connectivity index (χ0v) is 65.5. The molecule has 0 saturated carbocycles. The van der Waals surface area contributed by atoms with Crippen molar-refractivity contribution in [2.75, 3.05) is 39.6 Å². The normalized spacial score (nSPS) is 14.6. The van der Waals surface area contributed by atoms with Crippen molar-refractivity contribution < 1.29 is 80.2 Å². The van der Waals surface area contributed by atoms with Crippen LogP contribution in [0.25, 0.3) is 0 Å². The third kappa shape index (κ3) is 69.5. The average molecular weight is 1420 g/mol. The number of phosphoric acid groups is 2. The van der Waals surface area contributed by atoms with Crippen LogP contribution in [0, 0.1) is 23.7 Å². The maximum absolute atomic E-state index is 13.1. The first-order valence-corrected chi connectivity index (χ1v) is 43.3. The number of carbonyl (C=O) groups excluding carboxylic acids is 4. The van der Waals surface area contributed by atoms with Gasteiger partial charge in [0.25, 0.3) is 0 Å². The third-order valence-electron chi connectivity index (χ3n) is 18.8. The Hall–Kier alpha value is -1.94. The Balaban J connectivity index is 5.17. The van der Waals surface area contributed by atoms with E-state index in [2.05, 4.69) is 55.4 Å². The van der Waals surface area contributed by atoms with Crippen LogP contribution in [0.3, 0.4) is 0 Å². The van der Waals surface area contributed by atoms with Crippen LogP contribution < -0.4 is 0 Å². The summed E-state index contributed by atoms with van der Waals surface area (Å²) in [6, 6.07) is 0. The van der Waals surface area contributed by atoms with Crippen molar-refractivity contribution >= 4 is 39.5 Å². The fourth-order valence-corrected chi connectivity index (χ4v) is 13.4. The zero-order chi connectivity index (χ0) is 71.7. The smallest absolute Gasteiger partial charge is 0.462 e. The first-order chi connectivity index (χ1) is 46.7. The molecule has 0 heterocycles. The molecular weight excluding hydrogens is 1270 g/mol. The second kappa shape index (κ2) is 67.2. The maximum Gasteiger partial charge on any atom is 0.472 e. The molecule has 0 amide bonds. The predicted molar refractivity (Wildman–Crippen MR) is 395 cm³/mol. The highest BCUT2D eigenvalue weighted by atomic mass is 31.2. The summed E-state index contributed by atoms with van der Waals surface area (Å²) in [7, 11) is -9.91. The van der Waals surface area contributed by atoms with Crippen molar-refractivity contribution in [3.63, 3.8) is 0 Å². The zero-order valence-electron chi connectivity index (χ0n) is 63.7. The van der Waals surface area contributed by atoms with E-state index in [9.17, 15) is 43.2 Å². The van der Waals surface area contributed by atoms with Gasteiger partial charge in [-0.25, -0.2) is 9.13 Å². The summed E-state index contributed by atoms with van der Waals surface area (Å²) in [5.41, 5.74) is 0. The minimum atomic E-state index is -4.96. The number of aliphatic hydroxyl groups is 1. The number of ether oxygens (including phenoxy) is 4. The van der Waals surface area contributed by atoms with Crippen LogP contribution in [0.2, 0.25) is 0 Å². The summed E-state index contributed by atoms with van der Waals surface area (Å²) in [5, 5.41) is 10.6. The Bertz CT molecular complexity index is 1910. The number of aliphatic hydroxyl groups excluding tert-OH is 1. The maximum atomic E-state index is 13.1. The number of rotatable bonds is 75. The van der Waals surface area contributed by atoms with Crippen LogP contribution in [-0.4, -0.2) is 96.7 Å². The molecule has 0 fully saturated rings. The molecule has 0 spiro atoms. The topological polar surface area (TPSA) is 237 Å². The highest BCUT2D eigenvalue weighted by Crippen LogP contribution is 2.45. The number of hydrogen-bond donors (Lipinski definition) is 3. The Kier molecular flexibility index (Phi) is 65.9. The lowest BCUT2D eigenvalue weighted by Crippen LogP contribution is -2.30. The van der Waals surface area contributed by atoms with Gasteiger partial charge in [0.1, 0.15) is 19.3 Å². The van der Waals surface area contributed by atoms with E-state index in [1.54, 1.807) is 0 Å². The number of hydrogen-bond acceptors (Lipinski definition) is 15. The highest BCUT2D eigenvalue weighted by molar-refractivity contribution is 7.47. The standard InChI is InChI=1S/C78H152O17P2/c1-9-70(7)56-48-40-32-23-19-17-15-13-11-12-14-16-18-20-24-34-42-50-58-75(80)88-64-74(95-78(83)61-53-45-37-29-27-33-41-49-57-71(8)10-2)67-93-97(86,87)91-63-72(79)62-90-96(84,85)92-66-73(65-89-76(81)59-51-43-35-28-26-31-39-47-55-69(5)6)94-77(82)60-52-44-36-25-21-22-30-38-46-54-68(3)4/h68-74,79H,9-67H2,1-8H3,(H,84,85)(H,86,87)/t70?,71?,72?,73-,74-/m1/s1. The molecule has 0 aromatic carbocycles. The van der Waals surface area contributed by atoms with Gasteiger partial charge < -0.3 is 33.8 Å². The molecule has 19 heteroatoms. The predicted octanol–water partition coefficient (Wildman–Crippen LogP) is 22.8. The van der Waals surface area contributed by atoms with Gasteiger partial charge in [-0.05, 0) is 49.4 Å². The molecule has 0 aliphatic rings. The molecule has 576 valence electrons. The first kappa shape index (κ1) is 95.1. The Labute approximate surface area is 594 Å². The second-order valence-corrected chi connectivity index (χ2v) is 32.4. The molecule has 0 aromatic rings. The van der Waals surface area contributed by atoms with Gasteiger partial charge in [-0.15, -0.1) is 0 Å². The van der Waals surface area contributed by atoms with E-state index >= 15 is 0 Å². The van der Waals surface area contributed by atoms with Gasteiger partial charge in [0.2, 0.25) is 0 Å². The average Bonchev–Trinajstić information content (AvgIpc) is 1.09. The molecule has 0 bridgehead atoms. The van der Waals surface area contributed by atoms with E-state index in [1.165, 1.54) is 199 Å². The van der Waals surface area contributed by atoms with Crippen molar-refractivity contribution in [1.29, 1.82) is 0 Å². The van der Waals surface area contributed by atoms with E-state index in [0.29, 0.717) is 25.7 Å². The summed E-state index contributed by atoms with van der Waals surface area (Å²) >= 11 is 0. The monoisotopic (exact) mass is 1420 g/mol. The van der Waals surface area contributed by atoms with Crippen LogP contribution >= 0.6 is 15.6 Å². The molecule has 5 unspecified atom stereocenters. The van der Waals surface area contributed by atoms with Crippen LogP contribution in [0.4, 0.5) is 0 Å². The molecule has 0 radical (unpaired) electrons. The molecule has 97 heavy (non-hydrogen) atoms. The van der Waals surface area contributed by atoms with E-state index < -0.39 is 97.5 Å². The van der Waals surface area contributed by atoms with Gasteiger partial charge in [-0.3, -0.25) is 37.3 Å². The molecule has 0 saturated heterocycles. The fraction of sp³-hybridized carbons (Fsp3) is 0.949. The van der Waals surface area contributed by atoms with Gasteiger partial charge >= 0.3 is 39.5 Å². The van der Waals surface area contributed by atoms with Gasteiger partial charge in [0.05, 0.1) is 26.4 Å². The third-order valence-corrected chi connectivity index (χ3v) is 20.7. The van der Waals surface area contributed by atoms with Gasteiger partial charge in [-0.2, -0.15) is 0 Å². The van der Waals surface area contributed by atoms with Crippen molar-refractivity contribution in [2.45, 2.75) is 414 Å². The lowest BCUT2D eigenvalue weighted by Gasteiger charge is -2.21. The molecule has 3 N–H and O–H groups in total. The number of unbranched alkanes of at least 4 members (excludes halogenated alkanes) is 39. The second-order valence-electron chi connectivity index (χ2n) is 29.5. The lowest BCUT2D eigenvalue weighted by atomic mass is 9.99. The number of phosphoric ester groups is 2. The summed E-state index contributed by atoms with van der Waals surface area (Å²) in [6.45, 7) is 14.2. The summed E-state index contributed by atoms with van der Waals surface area (Å²) in [5.74, 6) is 0.984. The van der Waals surface area contributed by atoms with E-state index in [4.69, 9.17) is 37.0 Å². The Morgan fingerprint density at radius 1 is 0.289 bits per heavy atom. The molecule has 0 aliphatic carbocycles. The Morgan fingerprint density at radius 3 is 0.732 bits per heavy atom. The van der Waals surface area contributed by atoms with Gasteiger partial charge in [0.15, 0.2) is 12.2 Å². The first-order valence-electron chi connectivity index (χ1n) is 40.3. The lowest BCUT2D eigenvalue weighted by molar-refractivity contribution is -0.161. The minimum absolute atomic E-state index is 0.104. The van der Waals surface area contributed by atoms with Crippen LogP contribution in [-0.2, 0) is 65.4 Å². The largest absolute Gasteiger partial charge is 0.472 e. The minimum Gasteiger partial charge on any atom is -0.462 e. The van der Waals surface area contributed by atoms with Crippen molar-refractivity contribution in [1.82, 2.24) is 0 Å². The van der Waals surface area contributed by atoms with Crippen molar-refractivity contribution in [3.8, 4) is 0 Å². The molecule has 0 aliphatic heterocycles. The van der Waals surface area contributed by atoms with Crippen molar-refractivity contribution in [3.05, 3.63) is 0 Å². The van der Waals surface area contributed by atoms with E-state index in [0.717, 1.165) is 114 Å². The molecule has 0 aromatic heterocycles. The highest BCUT2D eigenvalue weighted by Gasteiger charge is 2.30. The van der Waals surface area contributed by atoms with Gasteiger partial charge in [-0.1, -0.05) is 344 Å². The number of esters is 4. The molecule has 0 rings (SSSR count). The Morgan fingerprint density at radius 2 is 0.495 bits per heavy atom. The molecule has 7 atom stereocenters. The quantitative estimate of drug-likeness (QED) is 0.0222. The SMILES string of the molecule is CCC(C)CCCCCCCCCCCCCCCCCCCCC(=O)OC[C@H](COP(=O)(O)OCC(O)COP(=O)(O)OC[C@@H](COC(=O)CCCCCCCCCCC(C)C)OC(=O)CCCCCCCCCCCC(C)C)OC(=O)CCCCCCCCCCC(C)CC. The molecular formula is C78H152O17P2. The summed E-state index contributed by atoms with van der Waals surface area (Å²) < 4.78 is 68.5. The van der Waals surface area contributed by atoms with E-state index in [-0.39, 0.29) is 25.7 Å². The summed E-state index contributed by atoms with van der Waals surface area (Å²) in [6.07, 6.45) is 52.8. The van der Waals surface area contributed by atoms with Gasteiger partial charge in [0, 0.05) is 25.7 Å². The molecule has 17 nitrogen and oxygen atoms in total. The van der Waals surface area contributed by atoms with Crippen LogP contribution in [0.5, 0.6) is 0 Å². The fourth-order valence-electron chi connectivity index (χ4n) is 11.8. The summed E-state index contributed by atoms with van der Waals surface area (Å²) in [4.78, 5) is 72.8. The van der Waals surface area contributed by atoms with Crippen molar-refractivity contribution in [2.24, 2.45) is 23.7 Å². The van der Waals surface area contributed by atoms with E-state index in [1.807, 2.05) is 0 Å².